The molecule has 13 heavy (non-hydrogen) atoms. The van der Waals surface area contributed by atoms with Crippen LogP contribution in [0.2, 0.25) is 0 Å². The molecule has 2 rings (SSSR count). The molecule has 2 aromatic carbocycles. The molecule has 0 heterocycles. The number of halogens is 1. The number of hydrogen-bond acceptors (Lipinski definition) is 1. The van der Waals surface area contributed by atoms with Gasteiger partial charge in [0.2, 0.25) is 0 Å². The van der Waals surface area contributed by atoms with E-state index in [9.17, 15) is 4.39 Å². The first-order valence-corrected chi connectivity index (χ1v) is 4.06. The van der Waals surface area contributed by atoms with Crippen LogP contribution in [0.15, 0.2) is 30.3 Å². The summed E-state index contributed by atoms with van der Waals surface area (Å²) < 4.78 is 13.3. The third-order valence-corrected chi connectivity index (χ3v) is 2.12. The van der Waals surface area contributed by atoms with Crippen molar-refractivity contribution >= 4 is 10.8 Å². The molecule has 0 aliphatic carbocycles. The fourth-order valence-corrected chi connectivity index (χ4v) is 1.54. The van der Waals surface area contributed by atoms with E-state index in [1.807, 2.05) is 19.1 Å². The minimum atomic E-state index is -0.367. The zero-order chi connectivity index (χ0) is 9.42. The van der Waals surface area contributed by atoms with Crippen LogP contribution in [-0.2, 0) is 0 Å². The first-order valence-electron chi connectivity index (χ1n) is 4.06. The minimum absolute atomic E-state index is 0.0319. The maximum atomic E-state index is 13.3. The van der Waals surface area contributed by atoms with Crippen LogP contribution in [0.25, 0.3) is 10.8 Å². The largest absolute Gasteiger partial charge is 0.508 e. The van der Waals surface area contributed by atoms with E-state index in [2.05, 4.69) is 0 Å². The molecule has 1 nitrogen and oxygen atoms in total. The maximum Gasteiger partial charge on any atom is 0.134 e. The lowest BCUT2D eigenvalue weighted by Crippen LogP contribution is -1.83. The first-order chi connectivity index (χ1) is 6.18. The highest BCUT2D eigenvalue weighted by molar-refractivity contribution is 5.87. The van der Waals surface area contributed by atoms with Gasteiger partial charge in [0, 0.05) is 11.5 Å². The third-order valence-electron chi connectivity index (χ3n) is 2.12. The summed E-state index contributed by atoms with van der Waals surface area (Å²) in [6, 6.07) is 8.17. The lowest BCUT2D eigenvalue weighted by Gasteiger charge is -2.03. The maximum absolute atomic E-state index is 13.3. The van der Waals surface area contributed by atoms with E-state index in [-0.39, 0.29) is 11.6 Å². The summed E-state index contributed by atoms with van der Waals surface area (Å²) in [5.41, 5.74) is 0.884. The third kappa shape index (κ3) is 1.24. The number of hydrogen-bond donors (Lipinski definition) is 1. The number of aryl methyl sites for hydroxylation is 1. The Labute approximate surface area is 75.4 Å². The van der Waals surface area contributed by atoms with E-state index in [1.165, 1.54) is 0 Å². The number of benzene rings is 2. The Bertz CT molecular complexity index is 463. The Morgan fingerprint density at radius 2 is 2.00 bits per heavy atom. The van der Waals surface area contributed by atoms with E-state index in [0.717, 1.165) is 17.0 Å². The standard InChI is InChI=1S/C11H9FO/c1-7-3-2-4-8-5-9(13)6-10(12)11(7)8/h2-6,13H,1H3. The highest BCUT2D eigenvalue weighted by Gasteiger charge is 2.04. The van der Waals surface area contributed by atoms with Crippen molar-refractivity contribution in [3.05, 3.63) is 41.7 Å². The zero-order valence-corrected chi connectivity index (χ0v) is 7.21. The number of phenols is 1. The van der Waals surface area contributed by atoms with Gasteiger partial charge in [-0.1, -0.05) is 18.2 Å². The van der Waals surface area contributed by atoms with Crippen LogP contribution in [0.1, 0.15) is 5.56 Å². The normalized spacial score (nSPS) is 10.6. The molecule has 1 N–H and O–H groups in total. The number of phenolic OH excluding ortho intramolecular Hbond substituents is 1. The van der Waals surface area contributed by atoms with Crippen molar-refractivity contribution in [3.63, 3.8) is 0 Å². The van der Waals surface area contributed by atoms with Gasteiger partial charge in [0.15, 0.2) is 0 Å². The number of fused-ring (bicyclic) bond motifs is 1. The Hall–Kier alpha value is -1.57. The molecule has 0 saturated heterocycles. The van der Waals surface area contributed by atoms with Gasteiger partial charge in [-0.15, -0.1) is 0 Å². The summed E-state index contributed by atoms with van der Waals surface area (Å²) >= 11 is 0. The van der Waals surface area contributed by atoms with Crippen molar-refractivity contribution in [3.8, 4) is 5.75 Å². The van der Waals surface area contributed by atoms with Gasteiger partial charge in [0.25, 0.3) is 0 Å². The molecule has 0 atom stereocenters. The molecule has 0 aliphatic heterocycles. The van der Waals surface area contributed by atoms with Gasteiger partial charge >= 0.3 is 0 Å². The molecule has 0 saturated carbocycles. The zero-order valence-electron chi connectivity index (χ0n) is 7.21. The van der Waals surface area contributed by atoms with Crippen molar-refractivity contribution in [1.82, 2.24) is 0 Å². The van der Waals surface area contributed by atoms with Gasteiger partial charge in [-0.2, -0.15) is 0 Å². The molecule has 2 heteroatoms. The van der Waals surface area contributed by atoms with Crippen LogP contribution in [0.4, 0.5) is 4.39 Å². The Balaban J connectivity index is 2.94. The highest BCUT2D eigenvalue weighted by atomic mass is 19.1. The quantitative estimate of drug-likeness (QED) is 0.654. The van der Waals surface area contributed by atoms with Gasteiger partial charge in [-0.25, -0.2) is 4.39 Å². The fraction of sp³-hybridized carbons (Fsp3) is 0.0909. The lowest BCUT2D eigenvalue weighted by atomic mass is 10.0. The molecule has 2 aromatic rings. The minimum Gasteiger partial charge on any atom is -0.508 e. The van der Waals surface area contributed by atoms with Gasteiger partial charge < -0.3 is 5.11 Å². The van der Waals surface area contributed by atoms with Crippen LogP contribution >= 0.6 is 0 Å². The molecule has 0 bridgehead atoms. The summed E-state index contributed by atoms with van der Waals surface area (Å²) in [4.78, 5) is 0. The van der Waals surface area contributed by atoms with Crippen molar-refractivity contribution in [2.75, 3.05) is 0 Å². The summed E-state index contributed by atoms with van der Waals surface area (Å²) in [5, 5.41) is 10.5. The molecular formula is C11H9FO. The summed E-state index contributed by atoms with van der Waals surface area (Å²) in [6.07, 6.45) is 0. The predicted octanol–water partition coefficient (Wildman–Crippen LogP) is 2.99. The van der Waals surface area contributed by atoms with Crippen LogP contribution in [0.5, 0.6) is 5.75 Å². The topological polar surface area (TPSA) is 20.2 Å². The van der Waals surface area contributed by atoms with Gasteiger partial charge in [0.1, 0.15) is 11.6 Å². The molecule has 66 valence electrons. The van der Waals surface area contributed by atoms with E-state index in [1.54, 1.807) is 12.1 Å². The first kappa shape index (κ1) is 8.05. The molecule has 0 radical (unpaired) electrons. The number of rotatable bonds is 0. The second kappa shape index (κ2) is 2.73. The molecular weight excluding hydrogens is 167 g/mol. The van der Waals surface area contributed by atoms with Crippen LogP contribution < -0.4 is 0 Å². The fourth-order valence-electron chi connectivity index (χ4n) is 1.54. The molecule has 0 amide bonds. The molecule has 0 fully saturated rings. The average Bonchev–Trinajstić information content (AvgIpc) is 2.02. The molecule has 0 aromatic heterocycles. The van der Waals surface area contributed by atoms with E-state index >= 15 is 0 Å². The van der Waals surface area contributed by atoms with Crippen LogP contribution in [-0.4, -0.2) is 5.11 Å². The van der Waals surface area contributed by atoms with Crippen molar-refractivity contribution in [1.29, 1.82) is 0 Å². The summed E-state index contributed by atoms with van der Waals surface area (Å²) in [7, 11) is 0. The van der Waals surface area contributed by atoms with E-state index in [4.69, 9.17) is 5.11 Å². The van der Waals surface area contributed by atoms with E-state index in [0.29, 0.717) is 5.39 Å². The Kier molecular flexibility index (Phi) is 1.69. The summed E-state index contributed by atoms with van der Waals surface area (Å²) in [6.45, 7) is 1.85. The lowest BCUT2D eigenvalue weighted by molar-refractivity contribution is 0.471. The van der Waals surface area contributed by atoms with Crippen LogP contribution in [0, 0.1) is 12.7 Å². The Morgan fingerprint density at radius 1 is 1.23 bits per heavy atom. The van der Waals surface area contributed by atoms with Gasteiger partial charge in [-0.3, -0.25) is 0 Å². The van der Waals surface area contributed by atoms with Crippen LogP contribution in [0.3, 0.4) is 0 Å². The highest BCUT2D eigenvalue weighted by Crippen LogP contribution is 2.25. The van der Waals surface area contributed by atoms with Crippen molar-refractivity contribution in [2.45, 2.75) is 6.92 Å². The van der Waals surface area contributed by atoms with Gasteiger partial charge in [-0.05, 0) is 23.9 Å². The molecule has 0 unspecified atom stereocenters. The smallest absolute Gasteiger partial charge is 0.134 e. The SMILES string of the molecule is Cc1cccc2cc(O)cc(F)c12. The molecule has 0 aliphatic rings. The number of aromatic hydroxyl groups is 1. The van der Waals surface area contributed by atoms with Crippen molar-refractivity contribution in [2.24, 2.45) is 0 Å². The van der Waals surface area contributed by atoms with Crippen molar-refractivity contribution < 1.29 is 9.50 Å². The van der Waals surface area contributed by atoms with E-state index < -0.39 is 0 Å². The monoisotopic (exact) mass is 176 g/mol. The second-order valence-electron chi connectivity index (χ2n) is 3.10. The Morgan fingerprint density at radius 3 is 2.77 bits per heavy atom. The average molecular weight is 176 g/mol. The predicted molar refractivity (Wildman–Crippen MR) is 50.3 cm³/mol. The van der Waals surface area contributed by atoms with Gasteiger partial charge in [0.05, 0.1) is 0 Å². The summed E-state index contributed by atoms with van der Waals surface area (Å²) in [5.74, 6) is -0.399. The second-order valence-corrected chi connectivity index (χ2v) is 3.10. The molecule has 0 spiro atoms.